The number of nitro benzene ring substituents is 1. The molecule has 4 aliphatic rings. The molecule has 2 amide bonds. The van der Waals surface area contributed by atoms with E-state index < -0.39 is 34.0 Å². The summed E-state index contributed by atoms with van der Waals surface area (Å²) in [5.74, 6) is -2.95. The van der Waals surface area contributed by atoms with Gasteiger partial charge in [-0.1, -0.05) is 54.6 Å². The van der Waals surface area contributed by atoms with Gasteiger partial charge < -0.3 is 4.79 Å². The first kappa shape index (κ1) is 19.5. The third kappa shape index (κ3) is 2.21. The van der Waals surface area contributed by atoms with E-state index in [1.165, 1.54) is 12.1 Å². The Hall–Kier alpha value is -4.13. The predicted molar refractivity (Wildman–Crippen MR) is 119 cm³/mol. The van der Waals surface area contributed by atoms with E-state index in [1.54, 1.807) is 13.0 Å². The number of hydrogen-bond donors (Lipinski definition) is 0. The molecule has 1 heterocycles. The van der Waals surface area contributed by atoms with Gasteiger partial charge in [0, 0.05) is 17.5 Å². The summed E-state index contributed by atoms with van der Waals surface area (Å²) in [4.78, 5) is 52.6. The van der Waals surface area contributed by atoms with E-state index in [4.69, 9.17) is 0 Å². The normalized spacial score (nSPS) is 26.6. The number of nitro groups is 1. The molecule has 7 nitrogen and oxygen atoms in total. The summed E-state index contributed by atoms with van der Waals surface area (Å²) < 4.78 is 0. The summed E-state index contributed by atoms with van der Waals surface area (Å²) in [5.41, 5.74) is 2.40. The van der Waals surface area contributed by atoms with Crippen LogP contribution in [0.5, 0.6) is 0 Å². The molecular formula is C26H18N2O5. The van der Waals surface area contributed by atoms with E-state index >= 15 is 0 Å². The van der Waals surface area contributed by atoms with Gasteiger partial charge in [0.2, 0.25) is 11.8 Å². The van der Waals surface area contributed by atoms with Crippen LogP contribution < -0.4 is 4.90 Å². The molecule has 33 heavy (non-hydrogen) atoms. The molecule has 0 spiro atoms. The Kier molecular flexibility index (Phi) is 3.82. The molecule has 1 fully saturated rings. The van der Waals surface area contributed by atoms with Crippen molar-refractivity contribution in [2.75, 3.05) is 4.90 Å². The molecule has 0 unspecified atom stereocenters. The maximum atomic E-state index is 13.9. The van der Waals surface area contributed by atoms with E-state index in [0.29, 0.717) is 5.56 Å². The van der Waals surface area contributed by atoms with Gasteiger partial charge in [-0.2, -0.15) is 0 Å². The number of imide groups is 1. The minimum atomic E-state index is -1.29. The highest BCUT2D eigenvalue weighted by Crippen LogP contribution is 2.63. The van der Waals surface area contributed by atoms with Crippen LogP contribution in [-0.2, 0) is 19.8 Å². The van der Waals surface area contributed by atoms with Crippen LogP contribution in [0.1, 0.15) is 33.7 Å². The van der Waals surface area contributed by atoms with Crippen LogP contribution in [0.25, 0.3) is 0 Å². The monoisotopic (exact) mass is 438 g/mol. The number of rotatable bonds is 3. The average Bonchev–Trinajstić information content (AvgIpc) is 3.10. The SMILES string of the molecule is Cc1ccc(N2C(=O)[C@@H]3C4c5ccccc5C(C=O)(c5ccccc54)[C@@H]3C2=O)cc1[N+](=O)[O-]. The zero-order valence-corrected chi connectivity index (χ0v) is 17.6. The Morgan fingerprint density at radius 2 is 1.55 bits per heavy atom. The van der Waals surface area contributed by atoms with Crippen molar-refractivity contribution in [2.24, 2.45) is 11.8 Å². The molecule has 2 bridgehead atoms. The maximum Gasteiger partial charge on any atom is 0.274 e. The van der Waals surface area contributed by atoms with Crippen molar-refractivity contribution in [3.05, 3.63) is 105 Å². The lowest BCUT2D eigenvalue weighted by molar-refractivity contribution is -0.385. The molecule has 0 N–H and O–H groups in total. The Morgan fingerprint density at radius 1 is 0.939 bits per heavy atom. The quantitative estimate of drug-likeness (QED) is 0.269. The average molecular weight is 438 g/mol. The standard InChI is InChI=1S/C26H18N2O5/c1-14-10-11-15(12-20(14)28(32)33)27-24(30)22-21-16-6-2-4-8-18(16)26(13-29,23(22)25(27)31)19-9-5-3-7-17(19)21/h2-13,21-23H,1H3/t21?,22-,23+,26?/m1/s1. The zero-order chi connectivity index (χ0) is 23.1. The Morgan fingerprint density at radius 3 is 2.12 bits per heavy atom. The number of hydrogen-bond acceptors (Lipinski definition) is 5. The fourth-order valence-electron chi connectivity index (χ4n) is 6.22. The maximum absolute atomic E-state index is 13.9. The van der Waals surface area contributed by atoms with Crippen molar-refractivity contribution in [1.82, 2.24) is 0 Å². The molecule has 3 aliphatic carbocycles. The van der Waals surface area contributed by atoms with Crippen molar-refractivity contribution in [3.8, 4) is 0 Å². The first-order valence-electron chi connectivity index (χ1n) is 10.7. The van der Waals surface area contributed by atoms with Crippen LogP contribution >= 0.6 is 0 Å². The van der Waals surface area contributed by atoms with Crippen molar-refractivity contribution in [2.45, 2.75) is 18.3 Å². The highest BCUT2D eigenvalue weighted by atomic mass is 16.6. The van der Waals surface area contributed by atoms with Crippen LogP contribution in [0.15, 0.2) is 66.7 Å². The largest absolute Gasteiger partial charge is 0.302 e. The number of carbonyl (C=O) groups excluding carboxylic acids is 3. The van der Waals surface area contributed by atoms with E-state index in [2.05, 4.69) is 0 Å². The summed E-state index contributed by atoms with van der Waals surface area (Å²) in [6.45, 7) is 1.60. The second-order valence-electron chi connectivity index (χ2n) is 8.88. The Labute approximate surface area is 188 Å². The van der Waals surface area contributed by atoms with E-state index in [0.717, 1.165) is 33.4 Å². The van der Waals surface area contributed by atoms with Gasteiger partial charge in [0.05, 0.1) is 27.9 Å². The number of amides is 2. The smallest absolute Gasteiger partial charge is 0.274 e. The number of carbonyl (C=O) groups is 3. The minimum Gasteiger partial charge on any atom is -0.302 e. The van der Waals surface area contributed by atoms with Crippen LogP contribution in [0, 0.1) is 28.9 Å². The van der Waals surface area contributed by atoms with Crippen LogP contribution in [0.4, 0.5) is 11.4 Å². The van der Waals surface area contributed by atoms with E-state index in [9.17, 15) is 24.5 Å². The third-order valence-electron chi connectivity index (χ3n) is 7.52. The number of anilines is 1. The number of nitrogens with zero attached hydrogens (tertiary/aromatic N) is 2. The highest BCUT2D eigenvalue weighted by molar-refractivity contribution is 6.25. The van der Waals surface area contributed by atoms with E-state index in [1.807, 2.05) is 48.5 Å². The van der Waals surface area contributed by atoms with Crippen LogP contribution in [-0.4, -0.2) is 23.0 Å². The lowest BCUT2D eigenvalue weighted by Gasteiger charge is -2.51. The fourth-order valence-corrected chi connectivity index (χ4v) is 6.22. The van der Waals surface area contributed by atoms with Gasteiger partial charge >= 0.3 is 0 Å². The first-order chi connectivity index (χ1) is 15.9. The Balaban J connectivity index is 1.61. The first-order valence-corrected chi connectivity index (χ1v) is 10.7. The molecule has 1 aliphatic heterocycles. The van der Waals surface area contributed by atoms with Gasteiger partial charge in [0.1, 0.15) is 6.29 Å². The molecule has 0 radical (unpaired) electrons. The minimum absolute atomic E-state index is 0.158. The summed E-state index contributed by atoms with van der Waals surface area (Å²) in [5, 5.41) is 11.5. The van der Waals surface area contributed by atoms with Crippen LogP contribution in [0.2, 0.25) is 0 Å². The second-order valence-corrected chi connectivity index (χ2v) is 8.88. The number of aryl methyl sites for hydroxylation is 1. The molecular weight excluding hydrogens is 420 g/mol. The van der Waals surface area contributed by atoms with E-state index in [-0.39, 0.29) is 17.3 Å². The van der Waals surface area contributed by atoms with Gasteiger partial charge in [-0.15, -0.1) is 0 Å². The Bertz CT molecular complexity index is 1360. The predicted octanol–water partition coefficient (Wildman–Crippen LogP) is 3.65. The van der Waals surface area contributed by atoms with Crippen molar-refractivity contribution < 1.29 is 19.3 Å². The third-order valence-corrected chi connectivity index (χ3v) is 7.52. The van der Waals surface area contributed by atoms with Crippen molar-refractivity contribution >= 4 is 29.5 Å². The van der Waals surface area contributed by atoms with Gasteiger partial charge in [-0.05, 0) is 35.2 Å². The molecule has 7 rings (SSSR count). The fraction of sp³-hybridized carbons (Fsp3) is 0.192. The number of benzene rings is 3. The lowest BCUT2D eigenvalue weighted by Crippen LogP contribution is -2.54. The topological polar surface area (TPSA) is 97.6 Å². The molecule has 7 heteroatoms. The molecule has 1 saturated heterocycles. The second kappa shape index (κ2) is 6.45. The zero-order valence-electron chi connectivity index (χ0n) is 17.6. The summed E-state index contributed by atoms with van der Waals surface area (Å²) in [7, 11) is 0. The molecule has 162 valence electrons. The summed E-state index contributed by atoms with van der Waals surface area (Å²) in [6.07, 6.45) is 0.810. The molecule has 3 aromatic rings. The number of aldehydes is 1. The van der Waals surface area contributed by atoms with Crippen molar-refractivity contribution in [3.63, 3.8) is 0 Å². The van der Waals surface area contributed by atoms with Crippen molar-refractivity contribution in [1.29, 1.82) is 0 Å². The van der Waals surface area contributed by atoms with Gasteiger partial charge in [-0.25, -0.2) is 4.90 Å². The van der Waals surface area contributed by atoms with Crippen LogP contribution in [0.3, 0.4) is 0 Å². The summed E-state index contributed by atoms with van der Waals surface area (Å²) in [6, 6.07) is 19.3. The van der Waals surface area contributed by atoms with Gasteiger partial charge in [0.25, 0.3) is 5.69 Å². The van der Waals surface area contributed by atoms with Gasteiger partial charge in [-0.3, -0.25) is 19.7 Å². The van der Waals surface area contributed by atoms with Gasteiger partial charge in [0.15, 0.2) is 0 Å². The highest BCUT2D eigenvalue weighted by Gasteiger charge is 2.68. The molecule has 2 atom stereocenters. The molecule has 0 aromatic heterocycles. The molecule has 3 aromatic carbocycles. The lowest BCUT2D eigenvalue weighted by atomic mass is 9.48. The summed E-state index contributed by atoms with van der Waals surface area (Å²) >= 11 is 0. The molecule has 0 saturated carbocycles.